The Morgan fingerprint density at radius 3 is 2.65 bits per heavy atom. The van der Waals surface area contributed by atoms with Gasteiger partial charge in [0.05, 0.1) is 12.2 Å². The molecule has 1 heterocycles. The van der Waals surface area contributed by atoms with Crippen molar-refractivity contribution in [2.75, 3.05) is 24.6 Å². The fourth-order valence-electron chi connectivity index (χ4n) is 1.84. The van der Waals surface area contributed by atoms with Crippen molar-refractivity contribution in [3.63, 3.8) is 0 Å². The van der Waals surface area contributed by atoms with Crippen molar-refractivity contribution in [2.24, 2.45) is 0 Å². The number of likely N-dealkylation sites (N-methyl/N-ethyl adjacent to an activating group) is 1. The maximum atomic E-state index is 11.9. The second-order valence-electron chi connectivity index (χ2n) is 4.66. The number of carbonyl (C=O) groups excluding carboxylic acids is 1. The average molecular weight is 270 g/mol. The van der Waals surface area contributed by atoms with Crippen molar-refractivity contribution in [2.45, 2.75) is 6.54 Å². The maximum absolute atomic E-state index is 11.9. The normalized spacial score (nSPS) is 10.5. The lowest BCUT2D eigenvalue weighted by Gasteiger charge is -2.15. The lowest BCUT2D eigenvalue weighted by molar-refractivity contribution is -0.117. The molecule has 0 atom stereocenters. The van der Waals surface area contributed by atoms with Crippen LogP contribution in [0.2, 0.25) is 0 Å². The third-order valence-electron chi connectivity index (χ3n) is 2.77. The van der Waals surface area contributed by atoms with Crippen molar-refractivity contribution in [1.82, 2.24) is 9.88 Å². The van der Waals surface area contributed by atoms with Gasteiger partial charge in [-0.3, -0.25) is 14.7 Å². The first-order valence-electron chi connectivity index (χ1n) is 6.37. The van der Waals surface area contributed by atoms with E-state index in [4.69, 9.17) is 5.73 Å². The van der Waals surface area contributed by atoms with Gasteiger partial charge in [-0.25, -0.2) is 0 Å². The number of nitrogens with two attached hydrogens (primary N) is 1. The second-order valence-corrected chi connectivity index (χ2v) is 4.66. The number of pyridine rings is 1. The van der Waals surface area contributed by atoms with E-state index < -0.39 is 0 Å². The molecule has 0 bridgehead atoms. The molecule has 0 saturated carbocycles. The van der Waals surface area contributed by atoms with Gasteiger partial charge in [-0.15, -0.1) is 0 Å². The first-order valence-corrected chi connectivity index (χ1v) is 6.37. The monoisotopic (exact) mass is 270 g/mol. The number of benzene rings is 1. The van der Waals surface area contributed by atoms with E-state index in [1.165, 1.54) is 0 Å². The van der Waals surface area contributed by atoms with E-state index in [0.717, 1.165) is 11.4 Å². The third kappa shape index (κ3) is 4.37. The van der Waals surface area contributed by atoms with Crippen molar-refractivity contribution in [3.05, 3.63) is 54.4 Å². The molecule has 2 aromatic rings. The highest BCUT2D eigenvalue weighted by Gasteiger charge is 2.07. The molecular formula is C15H18N4O. The van der Waals surface area contributed by atoms with Crippen molar-refractivity contribution in [3.8, 4) is 0 Å². The number of carbonyl (C=O) groups is 1. The van der Waals surface area contributed by atoms with Crippen LogP contribution in [-0.2, 0) is 11.3 Å². The molecular weight excluding hydrogens is 252 g/mol. The van der Waals surface area contributed by atoms with Crippen molar-refractivity contribution < 1.29 is 4.79 Å². The van der Waals surface area contributed by atoms with Gasteiger partial charge < -0.3 is 11.1 Å². The lowest BCUT2D eigenvalue weighted by Crippen LogP contribution is -2.30. The van der Waals surface area contributed by atoms with Gasteiger partial charge in [0.2, 0.25) is 5.91 Å². The SMILES string of the molecule is CN(CC(=O)Nc1ccc(N)cc1)Cc1ccccn1. The van der Waals surface area contributed by atoms with Crippen LogP contribution in [0.3, 0.4) is 0 Å². The number of anilines is 2. The van der Waals surface area contributed by atoms with E-state index in [0.29, 0.717) is 18.8 Å². The zero-order valence-electron chi connectivity index (χ0n) is 11.4. The Morgan fingerprint density at radius 2 is 2.00 bits per heavy atom. The summed E-state index contributed by atoms with van der Waals surface area (Å²) in [5.41, 5.74) is 7.96. The Morgan fingerprint density at radius 1 is 1.25 bits per heavy atom. The molecule has 5 heteroatoms. The van der Waals surface area contributed by atoms with Crippen molar-refractivity contribution >= 4 is 17.3 Å². The van der Waals surface area contributed by atoms with E-state index in [1.807, 2.05) is 30.1 Å². The number of rotatable bonds is 5. The smallest absolute Gasteiger partial charge is 0.238 e. The molecule has 3 N–H and O–H groups in total. The van der Waals surface area contributed by atoms with E-state index in [1.54, 1.807) is 30.5 Å². The summed E-state index contributed by atoms with van der Waals surface area (Å²) in [4.78, 5) is 18.0. The zero-order valence-corrected chi connectivity index (χ0v) is 11.4. The molecule has 0 aliphatic carbocycles. The number of nitrogens with zero attached hydrogens (tertiary/aromatic N) is 2. The summed E-state index contributed by atoms with van der Waals surface area (Å²) in [7, 11) is 1.89. The molecule has 1 aromatic carbocycles. The summed E-state index contributed by atoms with van der Waals surface area (Å²) in [6.45, 7) is 0.941. The van der Waals surface area contributed by atoms with Gasteiger partial charge in [0.15, 0.2) is 0 Å². The Labute approximate surface area is 118 Å². The highest BCUT2D eigenvalue weighted by molar-refractivity contribution is 5.92. The van der Waals surface area contributed by atoms with Gasteiger partial charge in [0.25, 0.3) is 0 Å². The number of amides is 1. The van der Waals surface area contributed by atoms with Crippen LogP contribution in [0.25, 0.3) is 0 Å². The van der Waals surface area contributed by atoms with Crippen LogP contribution in [0.15, 0.2) is 48.7 Å². The van der Waals surface area contributed by atoms with Gasteiger partial charge in [-0.2, -0.15) is 0 Å². The second kappa shape index (κ2) is 6.68. The minimum absolute atomic E-state index is 0.0618. The quantitative estimate of drug-likeness (QED) is 0.812. The summed E-state index contributed by atoms with van der Waals surface area (Å²) < 4.78 is 0. The number of aromatic nitrogens is 1. The van der Waals surface area contributed by atoms with Crippen LogP contribution in [0.5, 0.6) is 0 Å². The summed E-state index contributed by atoms with van der Waals surface area (Å²) in [5, 5.41) is 2.83. The van der Waals surface area contributed by atoms with Crippen molar-refractivity contribution in [1.29, 1.82) is 0 Å². The average Bonchev–Trinajstić information content (AvgIpc) is 2.42. The standard InChI is InChI=1S/C15H18N4O/c1-19(10-14-4-2-3-9-17-14)11-15(20)18-13-7-5-12(16)6-8-13/h2-9H,10-11,16H2,1H3,(H,18,20). The molecule has 0 radical (unpaired) electrons. The van der Waals surface area contributed by atoms with E-state index in [-0.39, 0.29) is 5.91 Å². The molecule has 1 aromatic heterocycles. The summed E-state index contributed by atoms with van der Waals surface area (Å²) in [6.07, 6.45) is 1.75. The molecule has 0 fully saturated rings. The highest BCUT2D eigenvalue weighted by atomic mass is 16.2. The summed E-state index contributed by atoms with van der Waals surface area (Å²) >= 11 is 0. The van der Waals surface area contributed by atoms with E-state index in [2.05, 4.69) is 10.3 Å². The minimum Gasteiger partial charge on any atom is -0.399 e. The summed E-state index contributed by atoms with van der Waals surface area (Å²) in [6, 6.07) is 12.8. The van der Waals surface area contributed by atoms with Gasteiger partial charge >= 0.3 is 0 Å². The molecule has 0 aliphatic rings. The minimum atomic E-state index is -0.0618. The topological polar surface area (TPSA) is 71.2 Å². The maximum Gasteiger partial charge on any atom is 0.238 e. The number of nitrogens with one attached hydrogen (secondary N) is 1. The van der Waals surface area contributed by atoms with E-state index in [9.17, 15) is 4.79 Å². The summed E-state index contributed by atoms with van der Waals surface area (Å²) in [5.74, 6) is -0.0618. The molecule has 0 unspecified atom stereocenters. The van der Waals surface area contributed by atoms with E-state index >= 15 is 0 Å². The Bertz CT molecular complexity index is 554. The zero-order chi connectivity index (χ0) is 14.4. The molecule has 0 aliphatic heterocycles. The van der Waals surface area contributed by atoms with Crippen LogP contribution >= 0.6 is 0 Å². The van der Waals surface area contributed by atoms with Crippen LogP contribution in [0, 0.1) is 0 Å². The molecule has 0 saturated heterocycles. The van der Waals surface area contributed by atoms with Gasteiger partial charge in [-0.1, -0.05) is 6.07 Å². The molecule has 5 nitrogen and oxygen atoms in total. The molecule has 2 rings (SSSR count). The third-order valence-corrected chi connectivity index (χ3v) is 2.77. The van der Waals surface area contributed by atoms with Crippen LogP contribution < -0.4 is 11.1 Å². The fourth-order valence-corrected chi connectivity index (χ4v) is 1.84. The van der Waals surface area contributed by atoms with Crippen LogP contribution in [0.4, 0.5) is 11.4 Å². The fraction of sp³-hybridized carbons (Fsp3) is 0.200. The van der Waals surface area contributed by atoms with Gasteiger partial charge in [0, 0.05) is 24.1 Å². The number of hydrogen-bond acceptors (Lipinski definition) is 4. The lowest BCUT2D eigenvalue weighted by atomic mass is 10.3. The molecule has 1 amide bonds. The molecule has 104 valence electrons. The Balaban J connectivity index is 1.83. The predicted octanol–water partition coefficient (Wildman–Crippen LogP) is 1.73. The molecule has 0 spiro atoms. The van der Waals surface area contributed by atoms with Crippen LogP contribution in [0.1, 0.15) is 5.69 Å². The predicted molar refractivity (Wildman–Crippen MR) is 80.1 cm³/mol. The highest BCUT2D eigenvalue weighted by Crippen LogP contribution is 2.10. The van der Waals surface area contributed by atoms with Crippen LogP contribution in [-0.4, -0.2) is 29.4 Å². The molecule has 20 heavy (non-hydrogen) atoms. The Hall–Kier alpha value is -2.40. The largest absolute Gasteiger partial charge is 0.399 e. The first-order chi connectivity index (χ1) is 9.63. The first kappa shape index (κ1) is 14.0. The number of hydrogen-bond donors (Lipinski definition) is 2. The Kier molecular flexibility index (Phi) is 4.68. The number of nitrogen functional groups attached to an aromatic ring is 1. The van der Waals surface area contributed by atoms with Gasteiger partial charge in [0.1, 0.15) is 0 Å². The van der Waals surface area contributed by atoms with Gasteiger partial charge in [-0.05, 0) is 43.4 Å².